The Morgan fingerprint density at radius 1 is 0.865 bits per heavy atom. The van der Waals surface area contributed by atoms with Gasteiger partial charge in [0.2, 0.25) is 0 Å². The first-order chi connectivity index (χ1) is 18.0. The van der Waals surface area contributed by atoms with Crippen LogP contribution in [0, 0.1) is 0 Å². The van der Waals surface area contributed by atoms with Gasteiger partial charge in [-0.25, -0.2) is 0 Å². The van der Waals surface area contributed by atoms with Crippen LogP contribution in [0.1, 0.15) is 54.1 Å². The van der Waals surface area contributed by atoms with Crippen molar-refractivity contribution in [2.24, 2.45) is 0 Å². The van der Waals surface area contributed by atoms with Gasteiger partial charge in [-0.2, -0.15) is 0 Å². The van der Waals surface area contributed by atoms with Gasteiger partial charge in [-0.05, 0) is 36.2 Å². The molecule has 0 aliphatic rings. The fraction of sp³-hybridized carbons (Fsp3) is 0.258. The summed E-state index contributed by atoms with van der Waals surface area (Å²) in [6.45, 7) is 2.66. The highest BCUT2D eigenvalue weighted by Crippen LogP contribution is 2.30. The Labute approximate surface area is 217 Å². The summed E-state index contributed by atoms with van der Waals surface area (Å²) < 4.78 is 11.2. The second-order valence-electron chi connectivity index (χ2n) is 9.00. The molecule has 0 saturated carbocycles. The number of hydrogen-bond acceptors (Lipinski definition) is 5. The molecule has 1 aromatic heterocycles. The molecule has 4 aromatic rings. The van der Waals surface area contributed by atoms with Crippen molar-refractivity contribution >= 4 is 5.91 Å². The van der Waals surface area contributed by atoms with Crippen LogP contribution in [0.2, 0.25) is 0 Å². The first-order valence-corrected chi connectivity index (χ1v) is 12.7. The number of unbranched alkanes of at least 4 members (excludes halogenated alkanes) is 3. The number of furan rings is 1. The first-order valence-electron chi connectivity index (χ1n) is 12.7. The number of hydrogen-bond donors (Lipinski definition) is 2. The highest BCUT2D eigenvalue weighted by atomic mass is 16.5. The highest BCUT2D eigenvalue weighted by molar-refractivity contribution is 5.95. The molecule has 0 unspecified atom stereocenters. The van der Waals surface area contributed by atoms with Crippen LogP contribution in [-0.2, 0) is 12.5 Å². The van der Waals surface area contributed by atoms with Gasteiger partial charge >= 0.3 is 0 Å². The zero-order valence-electron chi connectivity index (χ0n) is 21.0. The van der Waals surface area contributed by atoms with Crippen molar-refractivity contribution < 1.29 is 24.2 Å². The molecule has 0 radical (unpaired) electrons. The summed E-state index contributed by atoms with van der Waals surface area (Å²) in [5, 5.41) is 22.6. The lowest BCUT2D eigenvalue weighted by molar-refractivity contribution is -0.259. The van der Waals surface area contributed by atoms with Crippen molar-refractivity contribution in [3.05, 3.63) is 114 Å². The number of nitrogens with zero attached hydrogens (tertiary/aromatic N) is 1. The SMILES string of the molecule is CCCCCCOc1ccccc1CN(C(=O)c1ccc(-c2ccoc2)cc1)C(O)(O)c1ccccc1. The highest BCUT2D eigenvalue weighted by Gasteiger charge is 2.38. The molecule has 1 heterocycles. The number of benzene rings is 3. The van der Waals surface area contributed by atoms with Crippen LogP contribution in [0.15, 0.2) is 102 Å². The van der Waals surface area contributed by atoms with Gasteiger partial charge in [0.1, 0.15) is 5.75 Å². The Kier molecular flexibility index (Phi) is 8.77. The van der Waals surface area contributed by atoms with Crippen LogP contribution in [0.3, 0.4) is 0 Å². The lowest BCUT2D eigenvalue weighted by atomic mass is 10.0. The fourth-order valence-electron chi connectivity index (χ4n) is 4.19. The van der Waals surface area contributed by atoms with E-state index in [1.165, 1.54) is 0 Å². The Hall–Kier alpha value is -3.87. The lowest BCUT2D eigenvalue weighted by Gasteiger charge is -2.36. The van der Waals surface area contributed by atoms with Crippen LogP contribution in [0.25, 0.3) is 11.1 Å². The molecule has 2 N–H and O–H groups in total. The summed E-state index contributed by atoms with van der Waals surface area (Å²) in [4.78, 5) is 14.8. The molecule has 1 amide bonds. The summed E-state index contributed by atoms with van der Waals surface area (Å²) >= 11 is 0. The third-order valence-electron chi connectivity index (χ3n) is 6.33. The van der Waals surface area contributed by atoms with E-state index in [1.807, 2.05) is 42.5 Å². The molecule has 0 aliphatic carbocycles. The van der Waals surface area contributed by atoms with Crippen molar-refractivity contribution in [2.45, 2.75) is 45.1 Å². The van der Waals surface area contributed by atoms with Gasteiger partial charge in [0.05, 0.1) is 25.7 Å². The van der Waals surface area contributed by atoms with Gasteiger partial charge in [0.15, 0.2) is 0 Å². The van der Waals surface area contributed by atoms with Crippen molar-refractivity contribution in [3.8, 4) is 16.9 Å². The van der Waals surface area contributed by atoms with Gasteiger partial charge in [0.25, 0.3) is 11.8 Å². The van der Waals surface area contributed by atoms with E-state index in [4.69, 9.17) is 9.15 Å². The number of rotatable bonds is 12. The Bertz CT molecular complexity index is 1250. The molecule has 6 nitrogen and oxygen atoms in total. The number of ether oxygens (including phenoxy) is 1. The largest absolute Gasteiger partial charge is 0.493 e. The maximum Gasteiger partial charge on any atom is 0.278 e. The van der Waals surface area contributed by atoms with Crippen molar-refractivity contribution in [2.75, 3.05) is 6.61 Å². The predicted molar refractivity (Wildman–Crippen MR) is 143 cm³/mol. The van der Waals surface area contributed by atoms with Crippen molar-refractivity contribution in [3.63, 3.8) is 0 Å². The Balaban J connectivity index is 1.63. The van der Waals surface area contributed by atoms with Gasteiger partial charge in [-0.1, -0.05) is 86.8 Å². The maximum absolute atomic E-state index is 13.8. The van der Waals surface area contributed by atoms with E-state index in [9.17, 15) is 15.0 Å². The normalized spacial score (nSPS) is 11.3. The van der Waals surface area contributed by atoms with Gasteiger partial charge in [0, 0.05) is 22.3 Å². The minimum absolute atomic E-state index is 0.0602. The monoisotopic (exact) mass is 499 g/mol. The van der Waals surface area contributed by atoms with Crippen molar-refractivity contribution in [1.82, 2.24) is 4.90 Å². The number of aliphatic hydroxyl groups is 2. The van der Waals surface area contributed by atoms with Gasteiger partial charge in [-0.15, -0.1) is 0 Å². The summed E-state index contributed by atoms with van der Waals surface area (Å²) in [5.74, 6) is -2.45. The third-order valence-corrected chi connectivity index (χ3v) is 6.33. The van der Waals surface area contributed by atoms with E-state index in [0.717, 1.165) is 41.7 Å². The molecule has 192 valence electrons. The van der Waals surface area contributed by atoms with E-state index in [2.05, 4.69) is 6.92 Å². The zero-order valence-corrected chi connectivity index (χ0v) is 21.0. The number of amides is 1. The summed E-state index contributed by atoms with van der Waals surface area (Å²) in [7, 11) is 0. The molecule has 0 saturated heterocycles. The molecular weight excluding hydrogens is 466 g/mol. The zero-order chi connectivity index (χ0) is 26.1. The number of carbonyl (C=O) groups is 1. The average molecular weight is 500 g/mol. The molecule has 6 heteroatoms. The first kappa shape index (κ1) is 26.2. The molecule has 0 aliphatic heterocycles. The van der Waals surface area contributed by atoms with E-state index < -0.39 is 11.8 Å². The Morgan fingerprint density at radius 3 is 2.30 bits per heavy atom. The topological polar surface area (TPSA) is 83.1 Å². The quantitative estimate of drug-likeness (QED) is 0.175. The molecule has 3 aromatic carbocycles. The van der Waals surface area contributed by atoms with Crippen LogP contribution < -0.4 is 4.74 Å². The van der Waals surface area contributed by atoms with E-state index in [-0.39, 0.29) is 12.1 Å². The minimum Gasteiger partial charge on any atom is -0.493 e. The minimum atomic E-state index is -2.55. The molecule has 37 heavy (non-hydrogen) atoms. The molecule has 4 rings (SSSR count). The third kappa shape index (κ3) is 6.47. The molecular formula is C31H33NO5. The van der Waals surface area contributed by atoms with Gasteiger partial charge < -0.3 is 19.4 Å². The second-order valence-corrected chi connectivity index (χ2v) is 9.00. The predicted octanol–water partition coefficient (Wildman–Crippen LogP) is 6.34. The van der Waals surface area contributed by atoms with Crippen LogP contribution >= 0.6 is 0 Å². The van der Waals surface area contributed by atoms with Crippen molar-refractivity contribution in [1.29, 1.82) is 0 Å². The van der Waals surface area contributed by atoms with Crippen LogP contribution in [-0.4, -0.2) is 27.6 Å². The van der Waals surface area contributed by atoms with E-state index in [1.54, 1.807) is 55.0 Å². The molecule has 0 atom stereocenters. The van der Waals surface area contributed by atoms with E-state index in [0.29, 0.717) is 23.5 Å². The summed E-state index contributed by atoms with van der Waals surface area (Å²) in [5.41, 5.74) is 2.99. The Morgan fingerprint density at radius 2 is 1.59 bits per heavy atom. The number of para-hydroxylation sites is 1. The lowest BCUT2D eigenvalue weighted by Crippen LogP contribution is -2.49. The summed E-state index contributed by atoms with van der Waals surface area (Å²) in [6.07, 6.45) is 7.53. The average Bonchev–Trinajstić information content (AvgIpc) is 3.48. The summed E-state index contributed by atoms with van der Waals surface area (Å²) in [6, 6.07) is 24.5. The fourth-order valence-corrected chi connectivity index (χ4v) is 4.19. The second kappa shape index (κ2) is 12.4. The molecule has 0 fully saturated rings. The van der Waals surface area contributed by atoms with Gasteiger partial charge in [-0.3, -0.25) is 9.69 Å². The van der Waals surface area contributed by atoms with Crippen LogP contribution in [0.5, 0.6) is 5.75 Å². The smallest absolute Gasteiger partial charge is 0.278 e. The standard InChI is InChI=1S/C31H33NO5/c1-2-3-4-10-20-37-29-14-9-8-11-26(29)22-32(31(34,35)28-12-6-5-7-13-28)30(33)25-17-15-24(16-18-25)27-19-21-36-23-27/h5-9,11-19,21,23,34-35H,2-4,10,20,22H2,1H3. The molecule has 0 bridgehead atoms. The number of carbonyl (C=O) groups excluding carboxylic acids is 1. The molecule has 0 spiro atoms. The van der Waals surface area contributed by atoms with E-state index >= 15 is 0 Å². The maximum atomic E-state index is 13.8. The van der Waals surface area contributed by atoms with Crippen LogP contribution in [0.4, 0.5) is 0 Å².